The number of unbranched alkanes of at least 4 members (excludes halogenated alkanes) is 1. The highest BCUT2D eigenvalue weighted by Gasteiger charge is 2.05. The summed E-state index contributed by atoms with van der Waals surface area (Å²) in [5.41, 5.74) is 5.23. The van der Waals surface area contributed by atoms with Crippen molar-refractivity contribution in [1.82, 2.24) is 0 Å². The molecule has 0 rings (SSSR count). The third kappa shape index (κ3) is 7.78. The van der Waals surface area contributed by atoms with E-state index in [1.54, 1.807) is 0 Å². The Hall–Kier alpha value is -0.570. The molecule has 0 heterocycles. The zero-order valence-corrected chi connectivity index (χ0v) is 8.97. The minimum Gasteiger partial charge on any atom is -0.388 e. The lowest BCUT2D eigenvalue weighted by atomic mass is 10.1. The number of nitrogens with one attached hydrogen (secondary N) is 1. The van der Waals surface area contributed by atoms with Crippen molar-refractivity contribution in [3.05, 3.63) is 0 Å². The van der Waals surface area contributed by atoms with E-state index in [9.17, 15) is 0 Å². The van der Waals surface area contributed by atoms with Crippen LogP contribution in [0.5, 0.6) is 0 Å². The molecule has 0 saturated carbocycles. The van der Waals surface area contributed by atoms with E-state index < -0.39 is 0 Å². The summed E-state index contributed by atoms with van der Waals surface area (Å²) < 4.78 is 5.57. The van der Waals surface area contributed by atoms with Gasteiger partial charge < -0.3 is 10.5 Å². The fraction of sp³-hybridized carbons (Fsp3) is 0.900. The Morgan fingerprint density at radius 2 is 1.92 bits per heavy atom. The van der Waals surface area contributed by atoms with Crippen LogP contribution in [0.15, 0.2) is 0 Å². The smallest absolute Gasteiger partial charge is 0.0905 e. The van der Waals surface area contributed by atoms with Crippen LogP contribution in [0.1, 0.15) is 40.0 Å². The van der Waals surface area contributed by atoms with Gasteiger partial charge in [-0.25, -0.2) is 0 Å². The summed E-state index contributed by atoms with van der Waals surface area (Å²) >= 11 is 0. The van der Waals surface area contributed by atoms with Crippen LogP contribution in [0.4, 0.5) is 0 Å². The van der Waals surface area contributed by atoms with Gasteiger partial charge in [0, 0.05) is 13.0 Å². The van der Waals surface area contributed by atoms with Crippen LogP contribution in [0.25, 0.3) is 0 Å². The monoisotopic (exact) mass is 186 g/mol. The molecular formula is C10H22N2O. The van der Waals surface area contributed by atoms with Crippen molar-refractivity contribution in [3.8, 4) is 0 Å². The molecule has 0 radical (unpaired) electrons. The van der Waals surface area contributed by atoms with E-state index in [4.69, 9.17) is 15.9 Å². The maximum absolute atomic E-state index is 7.02. The van der Waals surface area contributed by atoms with Crippen LogP contribution in [-0.4, -0.2) is 18.5 Å². The van der Waals surface area contributed by atoms with Crippen LogP contribution in [0.2, 0.25) is 0 Å². The van der Waals surface area contributed by atoms with Crippen molar-refractivity contribution < 1.29 is 4.74 Å². The molecule has 0 aliphatic heterocycles. The second-order valence-electron chi connectivity index (χ2n) is 3.80. The Bertz CT molecular complexity index is 146. The highest BCUT2D eigenvalue weighted by Crippen LogP contribution is 2.06. The van der Waals surface area contributed by atoms with Gasteiger partial charge in [0.2, 0.25) is 0 Å². The average molecular weight is 186 g/mol. The molecular weight excluding hydrogens is 164 g/mol. The standard InChI is InChI=1S/C10H22N2O/c1-8(2)9(3)13-7-5-4-6-10(11)12/h8-9H,4-7H2,1-3H3,(H3,11,12). The molecule has 0 bridgehead atoms. The molecule has 13 heavy (non-hydrogen) atoms. The second kappa shape index (κ2) is 6.89. The highest BCUT2D eigenvalue weighted by molar-refractivity contribution is 5.76. The van der Waals surface area contributed by atoms with E-state index >= 15 is 0 Å². The van der Waals surface area contributed by atoms with Gasteiger partial charge in [-0.05, 0) is 25.7 Å². The second-order valence-corrected chi connectivity index (χ2v) is 3.80. The van der Waals surface area contributed by atoms with Crippen LogP contribution in [0.3, 0.4) is 0 Å². The molecule has 0 aromatic carbocycles. The SMILES string of the molecule is CC(C)C(C)OCCCCC(=N)N. The molecule has 1 atom stereocenters. The molecule has 3 N–H and O–H groups in total. The molecule has 0 aromatic heterocycles. The van der Waals surface area contributed by atoms with Gasteiger partial charge in [-0.1, -0.05) is 13.8 Å². The number of hydrogen-bond acceptors (Lipinski definition) is 2. The summed E-state index contributed by atoms with van der Waals surface area (Å²) in [6, 6.07) is 0. The van der Waals surface area contributed by atoms with Crippen molar-refractivity contribution >= 4 is 5.84 Å². The van der Waals surface area contributed by atoms with Gasteiger partial charge in [0.05, 0.1) is 11.9 Å². The summed E-state index contributed by atoms with van der Waals surface area (Å²) in [7, 11) is 0. The van der Waals surface area contributed by atoms with Gasteiger partial charge in [0.25, 0.3) is 0 Å². The molecule has 1 unspecified atom stereocenters. The Kier molecular flexibility index (Phi) is 6.59. The minimum absolute atomic E-state index is 0.275. The molecule has 0 amide bonds. The summed E-state index contributed by atoms with van der Waals surface area (Å²) in [6.45, 7) is 7.18. The normalized spacial score (nSPS) is 13.2. The van der Waals surface area contributed by atoms with Crippen molar-refractivity contribution in [2.24, 2.45) is 11.7 Å². The molecule has 3 nitrogen and oxygen atoms in total. The maximum atomic E-state index is 7.02. The van der Waals surface area contributed by atoms with Crippen LogP contribution >= 0.6 is 0 Å². The summed E-state index contributed by atoms with van der Waals surface area (Å²) in [6.07, 6.45) is 2.98. The Labute approximate surface area is 81.2 Å². The first-order valence-electron chi connectivity index (χ1n) is 4.98. The van der Waals surface area contributed by atoms with Crippen LogP contribution in [-0.2, 0) is 4.74 Å². The van der Waals surface area contributed by atoms with E-state index in [0.717, 1.165) is 19.4 Å². The highest BCUT2D eigenvalue weighted by atomic mass is 16.5. The van der Waals surface area contributed by atoms with Crippen molar-refractivity contribution in [2.75, 3.05) is 6.61 Å². The summed E-state index contributed by atoms with van der Waals surface area (Å²) in [5, 5.41) is 7.02. The van der Waals surface area contributed by atoms with Gasteiger partial charge >= 0.3 is 0 Å². The van der Waals surface area contributed by atoms with Gasteiger partial charge in [-0.3, -0.25) is 5.41 Å². The Balaban J connectivity index is 3.21. The summed E-state index contributed by atoms with van der Waals surface area (Å²) in [5.74, 6) is 0.852. The largest absolute Gasteiger partial charge is 0.388 e. The quantitative estimate of drug-likeness (QED) is 0.363. The first-order valence-corrected chi connectivity index (χ1v) is 4.98. The van der Waals surface area contributed by atoms with Crippen molar-refractivity contribution in [1.29, 1.82) is 5.41 Å². The van der Waals surface area contributed by atoms with Gasteiger partial charge in [-0.2, -0.15) is 0 Å². The Morgan fingerprint density at radius 3 is 2.38 bits per heavy atom. The van der Waals surface area contributed by atoms with E-state index in [-0.39, 0.29) is 5.84 Å². The van der Waals surface area contributed by atoms with Crippen molar-refractivity contribution in [2.45, 2.75) is 46.1 Å². The van der Waals surface area contributed by atoms with E-state index in [2.05, 4.69) is 20.8 Å². The average Bonchev–Trinajstić information content (AvgIpc) is 2.02. The van der Waals surface area contributed by atoms with E-state index in [0.29, 0.717) is 18.4 Å². The number of rotatable bonds is 7. The molecule has 0 fully saturated rings. The lowest BCUT2D eigenvalue weighted by molar-refractivity contribution is 0.0336. The lowest BCUT2D eigenvalue weighted by Crippen LogP contribution is -2.16. The molecule has 0 saturated heterocycles. The minimum atomic E-state index is 0.275. The zero-order chi connectivity index (χ0) is 10.3. The van der Waals surface area contributed by atoms with E-state index in [1.807, 2.05) is 0 Å². The van der Waals surface area contributed by atoms with Gasteiger partial charge in [0.15, 0.2) is 0 Å². The number of hydrogen-bond donors (Lipinski definition) is 2. The molecule has 78 valence electrons. The Morgan fingerprint density at radius 1 is 1.31 bits per heavy atom. The molecule has 0 aliphatic rings. The van der Waals surface area contributed by atoms with Gasteiger partial charge in [0.1, 0.15) is 0 Å². The molecule has 0 aliphatic carbocycles. The first-order chi connectivity index (χ1) is 6.04. The number of amidine groups is 1. The van der Waals surface area contributed by atoms with Crippen LogP contribution < -0.4 is 5.73 Å². The van der Waals surface area contributed by atoms with Crippen LogP contribution in [0, 0.1) is 11.3 Å². The fourth-order valence-corrected chi connectivity index (χ4v) is 0.879. The predicted molar refractivity (Wildman–Crippen MR) is 56.0 cm³/mol. The summed E-state index contributed by atoms with van der Waals surface area (Å²) in [4.78, 5) is 0. The number of ether oxygens (including phenoxy) is 1. The lowest BCUT2D eigenvalue weighted by Gasteiger charge is -2.16. The third-order valence-corrected chi connectivity index (χ3v) is 2.16. The van der Waals surface area contributed by atoms with E-state index in [1.165, 1.54) is 0 Å². The van der Waals surface area contributed by atoms with Gasteiger partial charge in [-0.15, -0.1) is 0 Å². The molecule has 0 aromatic rings. The van der Waals surface area contributed by atoms with Crippen molar-refractivity contribution in [3.63, 3.8) is 0 Å². The maximum Gasteiger partial charge on any atom is 0.0905 e. The molecule has 3 heteroatoms. The first kappa shape index (κ1) is 12.4. The zero-order valence-electron chi connectivity index (χ0n) is 8.97. The predicted octanol–water partition coefficient (Wildman–Crippen LogP) is 2.15. The molecule has 0 spiro atoms. The number of nitrogens with two attached hydrogens (primary N) is 1. The third-order valence-electron chi connectivity index (χ3n) is 2.16. The topological polar surface area (TPSA) is 59.1 Å². The fourth-order valence-electron chi connectivity index (χ4n) is 0.879.